The minimum atomic E-state index is -1.98. The average Bonchev–Trinajstić information content (AvgIpc) is 2.17. The van der Waals surface area contributed by atoms with E-state index in [0.717, 1.165) is 11.1 Å². The van der Waals surface area contributed by atoms with Crippen molar-refractivity contribution in [3.05, 3.63) is 29.8 Å². The second-order valence-corrected chi connectivity index (χ2v) is 4.00. The summed E-state index contributed by atoms with van der Waals surface area (Å²) in [5.74, 6) is 0. The molecule has 0 aliphatic rings. The van der Waals surface area contributed by atoms with Gasteiger partial charge in [-0.15, -0.1) is 0 Å². The maximum absolute atomic E-state index is 11.1. The van der Waals surface area contributed by atoms with E-state index >= 15 is 0 Å². The van der Waals surface area contributed by atoms with Gasteiger partial charge in [-0.3, -0.25) is 5.41 Å². The normalized spacial score (nSPS) is 11.0. The highest BCUT2D eigenvalue weighted by molar-refractivity contribution is 8.04. The van der Waals surface area contributed by atoms with Gasteiger partial charge in [0, 0.05) is 6.54 Å². The van der Waals surface area contributed by atoms with E-state index in [1.165, 1.54) is 0 Å². The third kappa shape index (κ3) is 2.07. The standard InChI is InChI=1S/C8H12N2OS/c9-5-7-1-3-8(4-2-7)12(11)6-10/h1-4,6,10H,5,9,12H2. The molecule has 0 saturated carbocycles. The first-order valence-corrected chi connectivity index (χ1v) is 5.10. The molecule has 0 heterocycles. The van der Waals surface area contributed by atoms with Crippen LogP contribution in [0.15, 0.2) is 29.2 Å². The van der Waals surface area contributed by atoms with Gasteiger partial charge >= 0.3 is 0 Å². The summed E-state index contributed by atoms with van der Waals surface area (Å²) in [5.41, 5.74) is 7.39. The summed E-state index contributed by atoms with van der Waals surface area (Å²) in [6.07, 6.45) is 0. The van der Waals surface area contributed by atoms with E-state index in [0.29, 0.717) is 11.4 Å². The molecular formula is C8H12N2OS. The number of hydrogen-bond acceptors (Lipinski definition) is 3. The second kappa shape index (κ2) is 4.25. The van der Waals surface area contributed by atoms with Gasteiger partial charge in [-0.1, -0.05) is 12.1 Å². The molecule has 0 amide bonds. The van der Waals surface area contributed by atoms with E-state index in [4.69, 9.17) is 11.1 Å². The van der Waals surface area contributed by atoms with Crippen molar-refractivity contribution in [2.24, 2.45) is 5.73 Å². The molecule has 0 aliphatic carbocycles. The van der Waals surface area contributed by atoms with Crippen molar-refractivity contribution < 1.29 is 4.55 Å². The Morgan fingerprint density at radius 3 is 2.42 bits per heavy atom. The lowest BCUT2D eigenvalue weighted by molar-refractivity contribution is 0.607. The molecule has 4 heteroatoms. The van der Waals surface area contributed by atoms with Crippen molar-refractivity contribution in [2.75, 3.05) is 0 Å². The lowest BCUT2D eigenvalue weighted by atomic mass is 10.2. The van der Waals surface area contributed by atoms with Crippen LogP contribution in [0.25, 0.3) is 0 Å². The summed E-state index contributed by atoms with van der Waals surface area (Å²) >= 11 is -1.98. The zero-order chi connectivity index (χ0) is 8.97. The zero-order valence-electron chi connectivity index (χ0n) is 6.58. The predicted octanol–water partition coefficient (Wildman–Crippen LogP) is 0.325. The second-order valence-electron chi connectivity index (χ2n) is 2.41. The SMILES string of the molecule is N=C[SH2+]([O-])c1ccc(CN)cc1. The molecule has 0 fully saturated rings. The van der Waals surface area contributed by atoms with E-state index in [-0.39, 0.29) is 0 Å². The average molecular weight is 184 g/mol. The highest BCUT2D eigenvalue weighted by Crippen LogP contribution is 2.09. The monoisotopic (exact) mass is 184 g/mol. The zero-order valence-corrected chi connectivity index (χ0v) is 7.58. The molecule has 0 saturated heterocycles. The summed E-state index contributed by atoms with van der Waals surface area (Å²) in [7, 11) is 0. The van der Waals surface area contributed by atoms with Crippen LogP contribution in [0, 0.1) is 5.41 Å². The molecule has 1 rings (SSSR count). The van der Waals surface area contributed by atoms with Crippen molar-refractivity contribution in [3.8, 4) is 0 Å². The molecule has 1 aromatic carbocycles. The van der Waals surface area contributed by atoms with Gasteiger partial charge in [0.05, 0.1) is 4.90 Å². The molecule has 0 spiro atoms. The largest absolute Gasteiger partial charge is 0.679 e. The Morgan fingerprint density at radius 1 is 1.42 bits per heavy atom. The molecule has 3 N–H and O–H groups in total. The number of nitrogens with one attached hydrogen (secondary N) is 1. The third-order valence-corrected chi connectivity index (χ3v) is 2.77. The molecule has 0 aromatic heterocycles. The maximum atomic E-state index is 11.1. The lowest BCUT2D eigenvalue weighted by Gasteiger charge is -2.15. The van der Waals surface area contributed by atoms with Gasteiger partial charge in [0.1, 0.15) is 5.55 Å². The molecule has 0 radical (unpaired) electrons. The van der Waals surface area contributed by atoms with Crippen LogP contribution in [0.3, 0.4) is 0 Å². The smallest absolute Gasteiger partial charge is 0.125 e. The van der Waals surface area contributed by atoms with E-state index < -0.39 is 11.2 Å². The third-order valence-electron chi connectivity index (χ3n) is 1.61. The summed E-state index contributed by atoms with van der Waals surface area (Å²) < 4.78 is 11.1. The molecule has 66 valence electrons. The highest BCUT2D eigenvalue weighted by Gasteiger charge is 1.96. The lowest BCUT2D eigenvalue weighted by Crippen LogP contribution is -2.02. The topological polar surface area (TPSA) is 72.9 Å². The van der Waals surface area contributed by atoms with Crippen LogP contribution in [-0.2, 0) is 17.7 Å². The summed E-state index contributed by atoms with van der Waals surface area (Å²) in [6.45, 7) is 0.492. The number of rotatable bonds is 3. The number of hydrogen-bond donors (Lipinski definition) is 2. The molecular weight excluding hydrogens is 172 g/mol. The van der Waals surface area contributed by atoms with Crippen LogP contribution >= 0.6 is 0 Å². The quantitative estimate of drug-likeness (QED) is 0.403. The Balaban J connectivity index is 2.84. The fourth-order valence-electron chi connectivity index (χ4n) is 0.888. The van der Waals surface area contributed by atoms with Crippen LogP contribution in [0.1, 0.15) is 5.56 Å². The first kappa shape index (κ1) is 9.25. The molecule has 3 nitrogen and oxygen atoms in total. The van der Waals surface area contributed by atoms with Crippen molar-refractivity contribution in [1.82, 2.24) is 0 Å². The van der Waals surface area contributed by atoms with Crippen molar-refractivity contribution >= 4 is 16.7 Å². The Bertz CT molecular complexity index is 260. The van der Waals surface area contributed by atoms with Gasteiger partial charge in [0.2, 0.25) is 0 Å². The van der Waals surface area contributed by atoms with E-state index in [2.05, 4.69) is 0 Å². The van der Waals surface area contributed by atoms with E-state index in [9.17, 15) is 4.55 Å². The Morgan fingerprint density at radius 2 is 2.00 bits per heavy atom. The van der Waals surface area contributed by atoms with Crippen LogP contribution in [0.4, 0.5) is 0 Å². The van der Waals surface area contributed by atoms with Gasteiger partial charge < -0.3 is 10.3 Å². The van der Waals surface area contributed by atoms with Gasteiger partial charge in [0.25, 0.3) is 0 Å². The highest BCUT2D eigenvalue weighted by atomic mass is 32.2. The minimum absolute atomic E-state index is 0.492. The van der Waals surface area contributed by atoms with E-state index in [1.54, 1.807) is 12.1 Å². The van der Waals surface area contributed by atoms with Gasteiger partial charge in [0.15, 0.2) is 0 Å². The molecule has 1 aromatic rings. The fraction of sp³-hybridized carbons (Fsp3) is 0.125. The van der Waals surface area contributed by atoms with Crippen molar-refractivity contribution in [1.29, 1.82) is 5.41 Å². The molecule has 0 atom stereocenters. The van der Waals surface area contributed by atoms with Crippen LogP contribution in [-0.4, -0.2) is 10.1 Å². The molecule has 0 aliphatic heterocycles. The summed E-state index contributed by atoms with van der Waals surface area (Å²) in [5, 5.41) is 6.83. The Kier molecular flexibility index (Phi) is 3.28. The van der Waals surface area contributed by atoms with Gasteiger partial charge in [-0.05, 0) is 17.7 Å². The van der Waals surface area contributed by atoms with Gasteiger partial charge in [-0.2, -0.15) is 0 Å². The Labute approximate surface area is 74.3 Å². The van der Waals surface area contributed by atoms with Crippen LogP contribution < -0.4 is 5.73 Å². The first-order chi connectivity index (χ1) is 5.77. The molecule has 0 bridgehead atoms. The Hall–Kier alpha value is -0.840. The van der Waals surface area contributed by atoms with Crippen LogP contribution in [0.5, 0.6) is 0 Å². The summed E-state index contributed by atoms with van der Waals surface area (Å²) in [6, 6.07) is 7.19. The molecule has 12 heavy (non-hydrogen) atoms. The number of benzene rings is 1. The van der Waals surface area contributed by atoms with E-state index in [1.807, 2.05) is 12.1 Å². The van der Waals surface area contributed by atoms with Crippen LogP contribution in [0.2, 0.25) is 0 Å². The summed E-state index contributed by atoms with van der Waals surface area (Å²) in [4.78, 5) is 0.715. The van der Waals surface area contributed by atoms with Gasteiger partial charge in [-0.25, -0.2) is 11.2 Å². The fourth-order valence-corrected chi connectivity index (χ4v) is 1.55. The number of nitrogens with two attached hydrogens (primary N) is 1. The van der Waals surface area contributed by atoms with Crippen molar-refractivity contribution in [3.63, 3.8) is 0 Å². The predicted molar refractivity (Wildman–Crippen MR) is 52.3 cm³/mol. The van der Waals surface area contributed by atoms with Crippen molar-refractivity contribution in [2.45, 2.75) is 11.4 Å². The minimum Gasteiger partial charge on any atom is -0.679 e. The maximum Gasteiger partial charge on any atom is 0.125 e. The first-order valence-electron chi connectivity index (χ1n) is 3.61. The molecule has 0 unspecified atom stereocenters.